The van der Waals surface area contributed by atoms with Crippen LogP contribution in [0.25, 0.3) is 0 Å². The maximum absolute atomic E-state index is 4.93. The first kappa shape index (κ1) is 83.7. The first-order valence-corrected chi connectivity index (χ1v) is 22.4. The molecule has 0 aliphatic heterocycles. The van der Waals surface area contributed by atoms with Crippen molar-refractivity contribution in [1.29, 1.82) is 0 Å². The number of hydrogen-bond acceptors (Lipinski definition) is 3. The smallest absolute Gasteiger partial charge is 2.00 e. The fourth-order valence-electron chi connectivity index (χ4n) is 4.17. The largest absolute Gasteiger partial charge is 4.00 e. The van der Waals surface area contributed by atoms with Crippen LogP contribution in [0.5, 0.6) is 0 Å². The molecule has 0 amide bonds. The Bertz CT molecular complexity index is 405. The molecule has 4 aliphatic carbocycles. The number of hydrogen-bond donors (Lipinski definition) is 0. The van der Waals surface area contributed by atoms with E-state index in [-0.39, 0.29) is 103 Å². The summed E-state index contributed by atoms with van der Waals surface area (Å²) in [6.07, 6.45) is 40.9. The Labute approximate surface area is 380 Å². The number of allylic oxidation sites excluding steroid dienone is 3. The van der Waals surface area contributed by atoms with Gasteiger partial charge in [-0.05, 0) is 42.3 Å². The van der Waals surface area contributed by atoms with Crippen LogP contribution in [0.1, 0.15) is 136 Å². The van der Waals surface area contributed by atoms with Crippen molar-refractivity contribution in [2.75, 3.05) is 42.3 Å². The van der Waals surface area contributed by atoms with Gasteiger partial charge in [-0.15, -0.1) is 0 Å². The molecule has 9 heteroatoms. The Kier molecular flexibility index (Phi) is 142. The number of rotatable bonds is 3. The minimum absolute atomic E-state index is 0. The van der Waals surface area contributed by atoms with Gasteiger partial charge in [0.25, 0.3) is 0 Å². The molecule has 0 radical (unpaired) electrons. The fraction of sp³-hybridized carbons (Fsp3) is 0.675. The van der Waals surface area contributed by atoms with Crippen LogP contribution in [-0.4, -0.2) is 80.0 Å². The van der Waals surface area contributed by atoms with E-state index < -0.39 is 20.8 Å². The normalized spacial score (nSPS) is 13.6. The van der Waals surface area contributed by atoms with E-state index in [0.717, 1.165) is 0 Å². The van der Waals surface area contributed by atoms with Crippen molar-refractivity contribution in [2.45, 2.75) is 136 Å². The molecule has 4 aliphatic rings. The predicted molar refractivity (Wildman–Crippen MR) is 227 cm³/mol. The number of halogens is 3. The Morgan fingerprint density at radius 1 is 0.408 bits per heavy atom. The Morgan fingerprint density at radius 3 is 0.510 bits per heavy atom. The zero-order valence-electron chi connectivity index (χ0n) is 33.9. The van der Waals surface area contributed by atoms with Gasteiger partial charge < -0.3 is 61.4 Å². The van der Waals surface area contributed by atoms with Crippen LogP contribution in [0, 0.1) is 50.5 Å². The van der Waals surface area contributed by atoms with E-state index in [1.807, 2.05) is 75.6 Å². The monoisotopic (exact) mass is 961 g/mol. The second kappa shape index (κ2) is 83.0. The van der Waals surface area contributed by atoms with Gasteiger partial charge in [0.2, 0.25) is 0 Å². The van der Waals surface area contributed by atoms with Gasteiger partial charge in [0.1, 0.15) is 0 Å². The van der Waals surface area contributed by atoms with Crippen molar-refractivity contribution in [3.63, 3.8) is 0 Å². The zero-order valence-corrected chi connectivity index (χ0v) is 43.3. The molecule has 0 atom stereocenters. The van der Waals surface area contributed by atoms with Crippen molar-refractivity contribution in [2.24, 2.45) is 0 Å². The molecule has 4 saturated carbocycles. The van der Waals surface area contributed by atoms with Crippen LogP contribution in [0.2, 0.25) is 0 Å². The summed E-state index contributed by atoms with van der Waals surface area (Å²) in [6.45, 7) is 10.5. The van der Waals surface area contributed by atoms with Gasteiger partial charge >= 0.3 is 87.1 Å². The first-order valence-electron chi connectivity index (χ1n) is 16.1. The average Bonchev–Trinajstić information content (AvgIpc) is 3.78. The third-order valence-corrected chi connectivity index (χ3v) is 6.21. The molecule has 0 heterocycles. The van der Waals surface area contributed by atoms with Crippen LogP contribution in [-0.2, 0) is 47.1 Å². The topological polar surface area (TPSA) is 9.72 Å². The maximum atomic E-state index is 4.93. The molecule has 4 fully saturated rings. The van der Waals surface area contributed by atoms with Gasteiger partial charge in [-0.1, -0.05) is 136 Å². The van der Waals surface area contributed by atoms with Crippen LogP contribution in [0.4, 0.5) is 0 Å². The van der Waals surface area contributed by atoms with Crippen molar-refractivity contribution in [1.82, 2.24) is 14.7 Å². The van der Waals surface area contributed by atoms with Crippen LogP contribution in [0.3, 0.4) is 0 Å². The summed E-state index contributed by atoms with van der Waals surface area (Å²) in [5.41, 5.74) is 0. The van der Waals surface area contributed by atoms with Gasteiger partial charge in [0.15, 0.2) is 0 Å². The summed E-state index contributed by atoms with van der Waals surface area (Å²) in [5.74, 6) is 0. The molecule has 0 spiro atoms. The van der Waals surface area contributed by atoms with E-state index >= 15 is 0 Å². The SMILES string of the molecule is C.C1CCCC1.C1CCCC1.C1CCCC1.C1CCCC1.[Br-].[CH2-]/C=C/N(C)C.[CH2-]/C=C/N(C)C.[CH2-]/C=C/N(C)C.[CH3-].[CH3-].[CH3-].[CH3-].[Cl][Zr+2][Cl].[Mg+2].[Zr+4]. The Hall–Kier alpha value is 1.82. The van der Waals surface area contributed by atoms with E-state index in [0.29, 0.717) is 0 Å². The molecule has 0 aromatic carbocycles. The molecular weight excluding hydrogens is 880 g/mol. The van der Waals surface area contributed by atoms with E-state index in [9.17, 15) is 0 Å². The standard InChI is InChI=1S/3C5H10N.4C5H10.CH4.4CH3.BrH.2ClH.Mg.2Zr/c3*1-4-5-6(2)3;4*1-2-4-5-3-1;;;;;;;;;;;/h3*4-5H,1H2,2-3H3;4*1-5H2;1H4;4*1H3;3*1H;;;/q3*-1;;;;;;4*-1;;;;+2;2*+4/p-3/b3*5-4+;;;;;;;;;;;;;;;. The summed E-state index contributed by atoms with van der Waals surface area (Å²) in [5, 5.41) is 0. The van der Waals surface area contributed by atoms with Crippen LogP contribution < -0.4 is 17.0 Å². The molecule has 3 nitrogen and oxygen atoms in total. The molecular formula is C40H86BrCl2MgN3Zr2. The summed E-state index contributed by atoms with van der Waals surface area (Å²) in [6, 6.07) is 0. The number of nitrogens with zero attached hydrogens (tertiary/aromatic N) is 3. The quantitative estimate of drug-likeness (QED) is 0.206. The zero-order chi connectivity index (χ0) is 31.8. The minimum atomic E-state index is -0.826. The van der Waals surface area contributed by atoms with Crippen LogP contribution in [0.15, 0.2) is 36.8 Å². The Balaban J connectivity index is -0.0000000313. The second-order valence-electron chi connectivity index (χ2n) is 11.2. The predicted octanol–water partition coefficient (Wildman–Crippen LogP) is 10.9. The Morgan fingerprint density at radius 2 is 0.490 bits per heavy atom. The average molecular weight is 967 g/mol. The minimum Gasteiger partial charge on any atom is 2.00 e. The molecule has 4 rings (SSSR count). The summed E-state index contributed by atoms with van der Waals surface area (Å²) >= 11 is -0.826. The van der Waals surface area contributed by atoms with E-state index in [1.54, 1.807) is 18.2 Å². The van der Waals surface area contributed by atoms with Gasteiger partial charge in [-0.2, -0.15) is 18.6 Å². The van der Waals surface area contributed by atoms with Crippen LogP contribution >= 0.6 is 17.0 Å². The molecule has 0 N–H and O–H groups in total. The second-order valence-corrected chi connectivity index (χ2v) is 14.9. The third kappa shape index (κ3) is 120. The van der Waals surface area contributed by atoms with Gasteiger partial charge in [-0.3, -0.25) is 0 Å². The van der Waals surface area contributed by atoms with Gasteiger partial charge in [-0.25, -0.2) is 39.0 Å². The third-order valence-electron chi connectivity index (χ3n) is 6.21. The molecule has 0 bridgehead atoms. The van der Waals surface area contributed by atoms with E-state index in [1.165, 1.54) is 128 Å². The summed E-state index contributed by atoms with van der Waals surface area (Å²) in [7, 11) is 21.6. The van der Waals surface area contributed by atoms with Crippen molar-refractivity contribution < 1.29 is 64.0 Å². The fourth-order valence-corrected chi connectivity index (χ4v) is 4.17. The van der Waals surface area contributed by atoms with E-state index in [4.69, 9.17) is 17.0 Å². The molecule has 0 unspecified atom stereocenters. The van der Waals surface area contributed by atoms with Crippen molar-refractivity contribution >= 4 is 40.1 Å². The van der Waals surface area contributed by atoms with E-state index in [2.05, 4.69) is 20.8 Å². The summed E-state index contributed by atoms with van der Waals surface area (Å²) in [4.78, 5) is 5.81. The summed E-state index contributed by atoms with van der Waals surface area (Å²) < 4.78 is 0. The van der Waals surface area contributed by atoms with Gasteiger partial charge in [0, 0.05) is 0 Å². The molecule has 49 heavy (non-hydrogen) atoms. The molecule has 0 saturated heterocycles. The first-order chi connectivity index (χ1) is 19.7. The van der Waals surface area contributed by atoms with Crippen molar-refractivity contribution in [3.8, 4) is 0 Å². The molecule has 292 valence electrons. The van der Waals surface area contributed by atoms with Gasteiger partial charge in [0.05, 0.1) is 0 Å². The maximum Gasteiger partial charge on any atom is 4.00 e. The molecule has 0 aromatic rings. The molecule has 0 aromatic heterocycles. The van der Waals surface area contributed by atoms with Crippen molar-refractivity contribution in [3.05, 3.63) is 87.3 Å².